The minimum absolute atomic E-state index is 0.185. The molecule has 0 aliphatic rings. The van der Waals surface area contributed by atoms with E-state index >= 15 is 0 Å². The van der Waals surface area contributed by atoms with Crippen LogP contribution < -0.4 is 0 Å². The number of ether oxygens (including phenoxy) is 2. The van der Waals surface area contributed by atoms with Crippen LogP contribution in [-0.2, 0) is 23.8 Å². The van der Waals surface area contributed by atoms with Crippen molar-refractivity contribution in [1.29, 1.82) is 0 Å². The fourth-order valence-corrected chi connectivity index (χ4v) is 4.24. The van der Waals surface area contributed by atoms with Gasteiger partial charge in [-0.15, -0.1) is 0 Å². The van der Waals surface area contributed by atoms with Gasteiger partial charge in [-0.1, -0.05) is 38.5 Å². The van der Waals surface area contributed by atoms with Gasteiger partial charge in [0.1, 0.15) is 0 Å². The highest BCUT2D eigenvalue weighted by Gasteiger charge is 2.33. The molecule has 156 valence electrons. The number of rotatable bonds is 13. The van der Waals surface area contributed by atoms with E-state index in [0.29, 0.717) is 26.1 Å². The van der Waals surface area contributed by atoms with Gasteiger partial charge in [0.15, 0.2) is 0 Å². The predicted molar refractivity (Wildman–Crippen MR) is 109 cm³/mol. The van der Waals surface area contributed by atoms with Crippen molar-refractivity contribution < 1.29 is 22.1 Å². The maximum atomic E-state index is 12.7. The lowest BCUT2D eigenvalue weighted by Crippen LogP contribution is -2.37. The Labute approximate surface area is 165 Å². The molecular formula is C21H36O5S. The summed E-state index contributed by atoms with van der Waals surface area (Å²) in [6, 6.07) is 6.72. The van der Waals surface area contributed by atoms with E-state index in [0.717, 1.165) is 24.8 Å². The number of methoxy groups -OCH3 is 1. The molecule has 5 nitrogen and oxygen atoms in total. The molecule has 0 unspecified atom stereocenters. The molecule has 0 amide bonds. The van der Waals surface area contributed by atoms with E-state index in [4.69, 9.17) is 13.7 Å². The third-order valence-corrected chi connectivity index (χ3v) is 6.93. The molecule has 0 fully saturated rings. The molecule has 0 aliphatic carbocycles. The highest BCUT2D eigenvalue weighted by molar-refractivity contribution is 7.86. The van der Waals surface area contributed by atoms with Crippen molar-refractivity contribution in [3.63, 3.8) is 0 Å². The van der Waals surface area contributed by atoms with E-state index in [1.807, 2.05) is 20.8 Å². The Bertz CT molecular complexity index is 650. The van der Waals surface area contributed by atoms with Gasteiger partial charge in [-0.3, -0.25) is 4.18 Å². The van der Waals surface area contributed by atoms with Crippen LogP contribution in [0.25, 0.3) is 0 Å². The third kappa shape index (κ3) is 7.18. The fraction of sp³-hybridized carbons (Fsp3) is 0.714. The SMILES string of the molecule is CCC(CC)(CCOC)OCC[C@@](C)(CC)OS(=O)(=O)c1ccc(C)cc1. The van der Waals surface area contributed by atoms with Gasteiger partial charge in [0.05, 0.1) is 22.7 Å². The van der Waals surface area contributed by atoms with Gasteiger partial charge >= 0.3 is 0 Å². The molecule has 1 aromatic rings. The van der Waals surface area contributed by atoms with Gasteiger partial charge in [-0.25, -0.2) is 0 Å². The average Bonchev–Trinajstić information content (AvgIpc) is 2.64. The van der Waals surface area contributed by atoms with Crippen LogP contribution in [0.1, 0.15) is 65.4 Å². The molecule has 0 spiro atoms. The Morgan fingerprint density at radius 2 is 1.52 bits per heavy atom. The predicted octanol–water partition coefficient (Wildman–Crippen LogP) is 4.87. The Hall–Kier alpha value is -0.950. The summed E-state index contributed by atoms with van der Waals surface area (Å²) < 4.78 is 42.4. The molecule has 0 heterocycles. The van der Waals surface area contributed by atoms with Crippen LogP contribution in [0, 0.1) is 6.92 Å². The summed E-state index contributed by atoms with van der Waals surface area (Å²) in [7, 11) is -2.13. The fourth-order valence-electron chi connectivity index (χ4n) is 2.95. The van der Waals surface area contributed by atoms with Gasteiger partial charge < -0.3 is 9.47 Å². The van der Waals surface area contributed by atoms with Crippen molar-refractivity contribution in [2.45, 2.75) is 82.8 Å². The highest BCUT2D eigenvalue weighted by atomic mass is 32.2. The van der Waals surface area contributed by atoms with Crippen LogP contribution in [0.5, 0.6) is 0 Å². The van der Waals surface area contributed by atoms with Crippen LogP contribution in [0.4, 0.5) is 0 Å². The van der Waals surface area contributed by atoms with Crippen molar-refractivity contribution in [1.82, 2.24) is 0 Å². The summed E-state index contributed by atoms with van der Waals surface area (Å²) in [6.07, 6.45) is 3.67. The summed E-state index contributed by atoms with van der Waals surface area (Å²) in [6.45, 7) is 11.0. The molecule has 1 atom stereocenters. The molecule has 0 saturated heterocycles. The smallest absolute Gasteiger partial charge is 0.297 e. The molecule has 0 bridgehead atoms. The van der Waals surface area contributed by atoms with Gasteiger partial charge in [0.25, 0.3) is 10.1 Å². The zero-order valence-corrected chi connectivity index (χ0v) is 18.5. The van der Waals surface area contributed by atoms with Crippen LogP contribution in [0.3, 0.4) is 0 Å². The molecular weight excluding hydrogens is 364 g/mol. The van der Waals surface area contributed by atoms with E-state index in [1.165, 1.54) is 0 Å². The lowest BCUT2D eigenvalue weighted by molar-refractivity contribution is -0.0833. The van der Waals surface area contributed by atoms with Crippen molar-refractivity contribution in [2.24, 2.45) is 0 Å². The lowest BCUT2D eigenvalue weighted by atomic mass is 9.93. The van der Waals surface area contributed by atoms with Crippen LogP contribution in [0.15, 0.2) is 29.2 Å². The summed E-state index contributed by atoms with van der Waals surface area (Å²) >= 11 is 0. The first-order valence-electron chi connectivity index (χ1n) is 9.81. The first-order valence-corrected chi connectivity index (χ1v) is 11.2. The molecule has 0 saturated carbocycles. The largest absolute Gasteiger partial charge is 0.385 e. The van der Waals surface area contributed by atoms with E-state index in [9.17, 15) is 8.42 Å². The average molecular weight is 401 g/mol. The quantitative estimate of drug-likeness (QED) is 0.442. The Balaban J connectivity index is 2.78. The second-order valence-electron chi connectivity index (χ2n) is 7.39. The minimum Gasteiger partial charge on any atom is -0.385 e. The van der Waals surface area contributed by atoms with Gasteiger partial charge in [0.2, 0.25) is 0 Å². The maximum absolute atomic E-state index is 12.7. The molecule has 1 rings (SSSR count). The normalized spacial score (nSPS) is 14.9. The summed E-state index contributed by atoms with van der Waals surface area (Å²) in [5.41, 5.74) is -0.0364. The highest BCUT2D eigenvalue weighted by Crippen LogP contribution is 2.30. The van der Waals surface area contributed by atoms with E-state index in [2.05, 4.69) is 13.8 Å². The van der Waals surface area contributed by atoms with Crippen molar-refractivity contribution in [2.75, 3.05) is 20.3 Å². The van der Waals surface area contributed by atoms with Crippen molar-refractivity contribution in [3.8, 4) is 0 Å². The number of hydrogen-bond acceptors (Lipinski definition) is 5. The van der Waals surface area contributed by atoms with Crippen molar-refractivity contribution >= 4 is 10.1 Å². The van der Waals surface area contributed by atoms with Crippen molar-refractivity contribution in [3.05, 3.63) is 29.8 Å². The summed E-state index contributed by atoms with van der Waals surface area (Å²) in [5, 5.41) is 0. The second-order valence-corrected chi connectivity index (χ2v) is 8.93. The van der Waals surface area contributed by atoms with Crippen LogP contribution in [0.2, 0.25) is 0 Å². The van der Waals surface area contributed by atoms with E-state index in [-0.39, 0.29) is 10.5 Å². The van der Waals surface area contributed by atoms with Gasteiger partial charge in [-0.05, 0) is 51.7 Å². The summed E-state index contributed by atoms with van der Waals surface area (Å²) in [4.78, 5) is 0.185. The maximum Gasteiger partial charge on any atom is 0.297 e. The molecule has 1 aromatic carbocycles. The zero-order chi connectivity index (χ0) is 20.6. The van der Waals surface area contributed by atoms with Crippen LogP contribution in [-0.4, -0.2) is 39.9 Å². The van der Waals surface area contributed by atoms with E-state index in [1.54, 1.807) is 31.4 Å². The first kappa shape index (κ1) is 24.1. The van der Waals surface area contributed by atoms with Crippen LogP contribution >= 0.6 is 0 Å². The summed E-state index contributed by atoms with van der Waals surface area (Å²) in [5.74, 6) is 0. The molecule has 0 N–H and O–H groups in total. The molecule has 0 aromatic heterocycles. The Morgan fingerprint density at radius 3 is 2.00 bits per heavy atom. The van der Waals surface area contributed by atoms with E-state index < -0.39 is 15.7 Å². The third-order valence-electron chi connectivity index (χ3n) is 5.46. The molecule has 0 aliphatic heterocycles. The number of aryl methyl sites for hydroxylation is 1. The monoisotopic (exact) mass is 400 g/mol. The Kier molecular flexibility index (Phi) is 9.42. The first-order chi connectivity index (χ1) is 12.7. The lowest BCUT2D eigenvalue weighted by Gasteiger charge is -2.34. The zero-order valence-electron chi connectivity index (χ0n) is 17.7. The molecule has 6 heteroatoms. The Morgan fingerprint density at radius 1 is 0.926 bits per heavy atom. The molecule has 0 radical (unpaired) electrons. The van der Waals surface area contributed by atoms with Gasteiger partial charge in [0, 0.05) is 20.1 Å². The number of benzene rings is 1. The second kappa shape index (κ2) is 10.6. The minimum atomic E-state index is -3.81. The van der Waals surface area contributed by atoms with Gasteiger partial charge in [-0.2, -0.15) is 8.42 Å². The standard InChI is InChI=1S/C21H36O5S/c1-7-20(5,14-17-25-21(8-2,9-3)15-16-24-6)26-27(22,23)19-12-10-18(4)11-13-19/h10-13H,7-9,14-17H2,1-6H3/t20-/m1/s1. The molecule has 27 heavy (non-hydrogen) atoms. The topological polar surface area (TPSA) is 61.8 Å². The number of hydrogen-bond donors (Lipinski definition) is 0.